The summed E-state index contributed by atoms with van der Waals surface area (Å²) < 4.78 is 36.0. The highest BCUT2D eigenvalue weighted by Gasteiger charge is 2.33. The summed E-state index contributed by atoms with van der Waals surface area (Å²) >= 11 is 0. The van der Waals surface area contributed by atoms with Gasteiger partial charge in [-0.2, -0.15) is 13.2 Å². The Morgan fingerprint density at radius 3 is 1.59 bits per heavy atom. The maximum atomic E-state index is 12.0. The lowest BCUT2D eigenvalue weighted by molar-refractivity contribution is -0.141. The Morgan fingerprint density at radius 2 is 1.35 bits per heavy atom. The molecule has 0 aliphatic heterocycles. The first-order valence-electron chi connectivity index (χ1n) is 6.00. The van der Waals surface area contributed by atoms with Gasteiger partial charge in [-0.3, -0.25) is 4.98 Å². The molecule has 0 saturated heterocycles. The van der Waals surface area contributed by atoms with Crippen LogP contribution in [-0.4, -0.2) is 4.98 Å². The van der Waals surface area contributed by atoms with Crippen LogP contribution in [0.3, 0.4) is 0 Å². The third-order valence-corrected chi connectivity index (χ3v) is 1.28. The Kier molecular flexibility index (Phi) is 16.3. The van der Waals surface area contributed by atoms with E-state index in [-0.39, 0.29) is 5.56 Å². The van der Waals surface area contributed by atoms with Crippen LogP contribution in [0.15, 0.2) is 18.3 Å². The molecule has 0 radical (unpaired) electrons. The summed E-state index contributed by atoms with van der Waals surface area (Å²) in [6.45, 7) is 13.4. The minimum absolute atomic E-state index is 0.153. The summed E-state index contributed by atoms with van der Waals surface area (Å²) in [7, 11) is 0. The Bertz CT molecular complexity index is 257. The zero-order chi connectivity index (χ0) is 14.5. The van der Waals surface area contributed by atoms with E-state index in [1.807, 2.05) is 41.5 Å². The molecule has 0 amide bonds. The van der Waals surface area contributed by atoms with Crippen molar-refractivity contribution in [2.45, 2.75) is 54.6 Å². The summed E-state index contributed by atoms with van der Waals surface area (Å²) in [6.07, 6.45) is -3.19. The van der Waals surface area contributed by atoms with Gasteiger partial charge in [0.15, 0.2) is 0 Å². The molecule has 17 heavy (non-hydrogen) atoms. The average Bonchev–Trinajstić information content (AvgIpc) is 2.36. The molecule has 1 nitrogen and oxygen atoms in total. The van der Waals surface area contributed by atoms with Crippen LogP contribution in [-0.2, 0) is 6.18 Å². The number of rotatable bonds is 0. The van der Waals surface area contributed by atoms with Crippen molar-refractivity contribution >= 4 is 0 Å². The van der Waals surface area contributed by atoms with Gasteiger partial charge in [-0.1, -0.05) is 47.6 Å². The van der Waals surface area contributed by atoms with Gasteiger partial charge >= 0.3 is 6.18 Å². The van der Waals surface area contributed by atoms with E-state index in [0.29, 0.717) is 0 Å². The minimum Gasteiger partial charge on any atom is -0.252 e. The van der Waals surface area contributed by atoms with Gasteiger partial charge in [0.2, 0.25) is 0 Å². The zero-order valence-electron chi connectivity index (χ0n) is 11.8. The molecule has 102 valence electrons. The number of nitrogens with zero attached hydrogens (tertiary/aromatic N) is 1. The van der Waals surface area contributed by atoms with E-state index in [4.69, 9.17) is 0 Å². The van der Waals surface area contributed by atoms with Crippen molar-refractivity contribution in [3.05, 3.63) is 29.6 Å². The van der Waals surface area contributed by atoms with E-state index in [1.54, 1.807) is 0 Å². The van der Waals surface area contributed by atoms with Crippen LogP contribution in [0.25, 0.3) is 0 Å². The topological polar surface area (TPSA) is 12.9 Å². The van der Waals surface area contributed by atoms with Crippen molar-refractivity contribution < 1.29 is 13.2 Å². The van der Waals surface area contributed by atoms with Crippen molar-refractivity contribution in [1.82, 2.24) is 4.98 Å². The maximum absolute atomic E-state index is 12.0. The van der Waals surface area contributed by atoms with Crippen LogP contribution in [0, 0.1) is 6.92 Å². The lowest BCUT2D eigenvalue weighted by atomic mass is 10.2. The monoisotopic (exact) mass is 251 g/mol. The Hall–Kier alpha value is -1.06. The summed E-state index contributed by atoms with van der Waals surface area (Å²) in [4.78, 5) is 3.22. The molecule has 0 unspecified atom stereocenters. The van der Waals surface area contributed by atoms with E-state index in [0.717, 1.165) is 6.20 Å². The fourth-order valence-electron chi connectivity index (χ4n) is 0.782. The predicted octanol–water partition coefficient (Wildman–Crippen LogP) is 5.49. The Balaban J connectivity index is -0.000000285. The first-order chi connectivity index (χ1) is 8.02. The SMILES string of the molecule is CC.CC.CC.Cc1cccnc1C(F)(F)F. The van der Waals surface area contributed by atoms with Gasteiger partial charge in [0.1, 0.15) is 5.69 Å². The molecule has 0 aliphatic carbocycles. The lowest BCUT2D eigenvalue weighted by Gasteiger charge is -2.06. The average molecular weight is 251 g/mol. The lowest BCUT2D eigenvalue weighted by Crippen LogP contribution is -2.09. The number of hydrogen-bond acceptors (Lipinski definition) is 1. The second-order valence-electron chi connectivity index (χ2n) is 2.17. The van der Waals surface area contributed by atoms with Crippen molar-refractivity contribution in [3.63, 3.8) is 0 Å². The highest BCUT2D eigenvalue weighted by Crippen LogP contribution is 2.29. The van der Waals surface area contributed by atoms with Gasteiger partial charge in [-0.15, -0.1) is 0 Å². The summed E-state index contributed by atoms with van der Waals surface area (Å²) in [5.41, 5.74) is -0.653. The fraction of sp³-hybridized carbons (Fsp3) is 0.615. The molecular weight excluding hydrogens is 227 g/mol. The molecular formula is C13H24F3N. The quantitative estimate of drug-likeness (QED) is 0.594. The van der Waals surface area contributed by atoms with Crippen LogP contribution in [0.4, 0.5) is 13.2 Å². The number of pyridine rings is 1. The third kappa shape index (κ3) is 9.85. The molecule has 1 aromatic rings. The number of halogens is 3. The second kappa shape index (κ2) is 13.0. The normalized spacial score (nSPS) is 8.59. The zero-order valence-corrected chi connectivity index (χ0v) is 11.8. The highest BCUT2D eigenvalue weighted by molar-refractivity contribution is 5.19. The van der Waals surface area contributed by atoms with Crippen LogP contribution in [0.1, 0.15) is 52.8 Å². The van der Waals surface area contributed by atoms with E-state index < -0.39 is 11.9 Å². The van der Waals surface area contributed by atoms with Crippen molar-refractivity contribution in [3.8, 4) is 0 Å². The van der Waals surface area contributed by atoms with E-state index in [9.17, 15) is 13.2 Å². The molecule has 1 aromatic heterocycles. The molecule has 0 fully saturated rings. The number of alkyl halides is 3. The van der Waals surface area contributed by atoms with E-state index >= 15 is 0 Å². The number of hydrogen-bond donors (Lipinski definition) is 0. The molecule has 0 spiro atoms. The number of aromatic nitrogens is 1. The van der Waals surface area contributed by atoms with Crippen LogP contribution >= 0.6 is 0 Å². The van der Waals surface area contributed by atoms with Crippen molar-refractivity contribution in [2.24, 2.45) is 0 Å². The molecule has 0 atom stereocenters. The smallest absolute Gasteiger partial charge is 0.252 e. The largest absolute Gasteiger partial charge is 0.433 e. The molecule has 0 N–H and O–H groups in total. The molecule has 4 heteroatoms. The first kappa shape index (κ1) is 21.2. The standard InChI is InChI=1S/C7H6F3N.3C2H6/c1-5-3-2-4-11-6(5)7(8,9)10;3*1-2/h2-4H,1H3;3*1-2H3. The molecule has 0 aliphatic rings. The maximum Gasteiger partial charge on any atom is 0.433 e. The van der Waals surface area contributed by atoms with Crippen LogP contribution < -0.4 is 0 Å². The molecule has 0 bridgehead atoms. The van der Waals surface area contributed by atoms with Crippen LogP contribution in [0.2, 0.25) is 0 Å². The highest BCUT2D eigenvalue weighted by atomic mass is 19.4. The first-order valence-corrected chi connectivity index (χ1v) is 6.00. The third-order valence-electron chi connectivity index (χ3n) is 1.28. The summed E-state index contributed by atoms with van der Waals surface area (Å²) in [5.74, 6) is 0. The fourth-order valence-corrected chi connectivity index (χ4v) is 0.782. The van der Waals surface area contributed by atoms with E-state index in [2.05, 4.69) is 4.98 Å². The Morgan fingerprint density at radius 1 is 0.941 bits per heavy atom. The summed E-state index contributed by atoms with van der Waals surface area (Å²) in [5, 5.41) is 0. The molecule has 1 rings (SSSR count). The van der Waals surface area contributed by atoms with Gasteiger partial charge < -0.3 is 0 Å². The van der Waals surface area contributed by atoms with Gasteiger partial charge in [0.25, 0.3) is 0 Å². The van der Waals surface area contributed by atoms with Crippen molar-refractivity contribution in [1.29, 1.82) is 0 Å². The summed E-state index contributed by atoms with van der Waals surface area (Å²) in [6, 6.07) is 2.86. The predicted molar refractivity (Wildman–Crippen MR) is 68.0 cm³/mol. The van der Waals surface area contributed by atoms with Crippen LogP contribution in [0.5, 0.6) is 0 Å². The number of aryl methyl sites for hydroxylation is 1. The molecule has 0 aromatic carbocycles. The van der Waals surface area contributed by atoms with Gasteiger partial charge in [0, 0.05) is 6.20 Å². The Labute approximate surface area is 103 Å². The second-order valence-corrected chi connectivity index (χ2v) is 2.17. The van der Waals surface area contributed by atoms with Gasteiger partial charge in [-0.05, 0) is 18.6 Å². The minimum atomic E-state index is -4.33. The molecule has 0 saturated carbocycles. The van der Waals surface area contributed by atoms with Gasteiger partial charge in [-0.25, -0.2) is 0 Å². The van der Waals surface area contributed by atoms with Gasteiger partial charge in [0.05, 0.1) is 0 Å². The van der Waals surface area contributed by atoms with Crippen molar-refractivity contribution in [2.75, 3.05) is 0 Å². The molecule has 1 heterocycles. The van der Waals surface area contributed by atoms with E-state index in [1.165, 1.54) is 19.1 Å².